The number of hydrogen-bond acceptors (Lipinski definition) is 1. The first kappa shape index (κ1) is 16.0. The zero-order chi connectivity index (χ0) is 14.9. The van der Waals surface area contributed by atoms with Crippen LogP contribution in [0.5, 0.6) is 0 Å². The second-order valence-corrected chi connectivity index (χ2v) is 6.56. The fraction of sp³-hybridized carbons (Fsp3) is 0.632. The van der Waals surface area contributed by atoms with E-state index in [0.717, 1.165) is 18.9 Å². The normalized spacial score (nSPS) is 21.9. The summed E-state index contributed by atoms with van der Waals surface area (Å²) in [4.78, 5) is 5.91. The number of piperidine rings is 1. The van der Waals surface area contributed by atoms with Crippen molar-refractivity contribution in [1.82, 2.24) is 4.98 Å². The molecule has 0 aromatic carbocycles. The molecule has 2 heteroatoms. The highest BCUT2D eigenvalue weighted by Gasteiger charge is 2.26. The lowest BCUT2D eigenvalue weighted by Crippen LogP contribution is -3.13. The van der Waals surface area contributed by atoms with Gasteiger partial charge < -0.3 is 4.90 Å². The van der Waals surface area contributed by atoms with Crippen molar-refractivity contribution in [3.05, 3.63) is 30.1 Å². The molecule has 1 aromatic rings. The van der Waals surface area contributed by atoms with Gasteiger partial charge in [0, 0.05) is 30.8 Å². The van der Waals surface area contributed by atoms with Crippen molar-refractivity contribution in [2.45, 2.75) is 58.4 Å². The van der Waals surface area contributed by atoms with Crippen molar-refractivity contribution in [2.75, 3.05) is 13.1 Å². The number of hydrogen-bond donors (Lipinski definition) is 1. The summed E-state index contributed by atoms with van der Waals surface area (Å²) in [7, 11) is 0. The molecular formula is C19H29N2+. The summed E-state index contributed by atoms with van der Waals surface area (Å²) in [6.45, 7) is 6.80. The van der Waals surface area contributed by atoms with Crippen molar-refractivity contribution in [3.63, 3.8) is 0 Å². The van der Waals surface area contributed by atoms with E-state index in [9.17, 15) is 0 Å². The van der Waals surface area contributed by atoms with E-state index in [1.54, 1.807) is 4.90 Å². The number of rotatable bonds is 5. The first-order valence-corrected chi connectivity index (χ1v) is 8.47. The van der Waals surface area contributed by atoms with Crippen LogP contribution in [-0.2, 0) is 0 Å². The minimum Gasteiger partial charge on any atom is -0.319 e. The molecule has 2 heterocycles. The van der Waals surface area contributed by atoms with Crippen molar-refractivity contribution < 1.29 is 4.90 Å². The number of nitrogens with zero attached hydrogens (tertiary/aromatic N) is 1. The lowest BCUT2D eigenvalue weighted by Gasteiger charge is -2.31. The van der Waals surface area contributed by atoms with Gasteiger partial charge in [-0.15, -0.1) is 0 Å². The average Bonchev–Trinajstić information content (AvgIpc) is 2.52. The summed E-state index contributed by atoms with van der Waals surface area (Å²) >= 11 is 0. The number of aromatic nitrogens is 1. The number of nitrogens with one attached hydrogen (secondary N) is 1. The molecule has 1 unspecified atom stereocenters. The SMILES string of the molecule is CC(C)CCCC#CC[NH+]1CCCC[C@@H]1c1cccnc1. The standard InChI is InChI=1S/C19H28N2/c1-17(2)10-5-3-4-7-14-21-15-8-6-12-19(21)18-11-9-13-20-16-18/h9,11,13,16-17,19H,3,5-6,8,10,12,14-15H2,1-2H3/p+1/t19-/m1/s1. The van der Waals surface area contributed by atoms with E-state index < -0.39 is 0 Å². The first-order valence-electron chi connectivity index (χ1n) is 8.47. The van der Waals surface area contributed by atoms with Crippen LogP contribution in [0, 0.1) is 17.8 Å². The maximum absolute atomic E-state index is 4.28. The molecule has 0 aliphatic carbocycles. The monoisotopic (exact) mass is 285 g/mol. The summed E-state index contributed by atoms with van der Waals surface area (Å²) in [5.41, 5.74) is 1.38. The Balaban J connectivity index is 1.84. The summed E-state index contributed by atoms with van der Waals surface area (Å²) < 4.78 is 0. The van der Waals surface area contributed by atoms with Crippen LogP contribution in [0.25, 0.3) is 0 Å². The molecule has 0 saturated carbocycles. The summed E-state index contributed by atoms with van der Waals surface area (Å²) in [6, 6.07) is 4.87. The molecule has 114 valence electrons. The van der Waals surface area contributed by atoms with Gasteiger partial charge in [0.25, 0.3) is 0 Å². The van der Waals surface area contributed by atoms with Crippen molar-refractivity contribution >= 4 is 0 Å². The van der Waals surface area contributed by atoms with Crippen LogP contribution in [0.4, 0.5) is 0 Å². The Morgan fingerprint density at radius 2 is 2.24 bits per heavy atom. The van der Waals surface area contributed by atoms with Gasteiger partial charge in [0.05, 0.1) is 6.54 Å². The van der Waals surface area contributed by atoms with Gasteiger partial charge in [-0.1, -0.05) is 32.3 Å². The smallest absolute Gasteiger partial charge is 0.139 e. The first-order chi connectivity index (χ1) is 10.3. The molecular weight excluding hydrogens is 256 g/mol. The maximum atomic E-state index is 4.28. The Kier molecular flexibility index (Phi) is 6.76. The summed E-state index contributed by atoms with van der Waals surface area (Å²) in [5.74, 6) is 7.60. The zero-order valence-electron chi connectivity index (χ0n) is 13.6. The van der Waals surface area contributed by atoms with E-state index in [4.69, 9.17) is 0 Å². The Labute approximate surface area is 130 Å². The molecule has 0 amide bonds. The largest absolute Gasteiger partial charge is 0.319 e. The second kappa shape index (κ2) is 8.85. The Hall–Kier alpha value is -1.33. The molecule has 1 saturated heterocycles. The lowest BCUT2D eigenvalue weighted by molar-refractivity contribution is -0.930. The Morgan fingerprint density at radius 1 is 1.33 bits per heavy atom. The number of likely N-dealkylation sites (tertiary alicyclic amines) is 1. The third kappa shape index (κ3) is 5.52. The molecule has 21 heavy (non-hydrogen) atoms. The van der Waals surface area contributed by atoms with Crippen LogP contribution in [0.2, 0.25) is 0 Å². The van der Waals surface area contributed by atoms with Crippen molar-refractivity contribution in [1.29, 1.82) is 0 Å². The minimum atomic E-state index is 0.595. The fourth-order valence-electron chi connectivity index (χ4n) is 3.14. The number of pyridine rings is 1. The van der Waals surface area contributed by atoms with Crippen molar-refractivity contribution in [3.8, 4) is 11.8 Å². The molecule has 1 aliphatic rings. The van der Waals surface area contributed by atoms with Crippen LogP contribution in [0.3, 0.4) is 0 Å². The van der Waals surface area contributed by atoms with Gasteiger partial charge in [-0.3, -0.25) is 4.98 Å². The predicted octanol–water partition coefficient (Wildman–Crippen LogP) is 3.02. The van der Waals surface area contributed by atoms with E-state index in [1.807, 2.05) is 12.4 Å². The van der Waals surface area contributed by atoms with Gasteiger partial charge >= 0.3 is 0 Å². The van der Waals surface area contributed by atoms with Gasteiger partial charge in [-0.25, -0.2) is 0 Å². The fourth-order valence-corrected chi connectivity index (χ4v) is 3.14. The van der Waals surface area contributed by atoms with Gasteiger partial charge in [0.1, 0.15) is 12.6 Å². The van der Waals surface area contributed by atoms with Crippen LogP contribution >= 0.6 is 0 Å². The average molecular weight is 285 g/mol. The van der Waals surface area contributed by atoms with E-state index in [-0.39, 0.29) is 0 Å². The van der Waals surface area contributed by atoms with E-state index in [0.29, 0.717) is 6.04 Å². The molecule has 0 spiro atoms. The quantitative estimate of drug-likeness (QED) is 0.650. The minimum absolute atomic E-state index is 0.595. The maximum Gasteiger partial charge on any atom is 0.139 e. The molecule has 1 N–H and O–H groups in total. The lowest BCUT2D eigenvalue weighted by atomic mass is 9.96. The van der Waals surface area contributed by atoms with E-state index in [1.165, 1.54) is 44.2 Å². The van der Waals surface area contributed by atoms with Crippen molar-refractivity contribution in [2.24, 2.45) is 5.92 Å². The third-order valence-electron chi connectivity index (χ3n) is 4.34. The molecule has 0 radical (unpaired) electrons. The molecule has 2 nitrogen and oxygen atoms in total. The highest BCUT2D eigenvalue weighted by molar-refractivity contribution is 5.12. The third-order valence-corrected chi connectivity index (χ3v) is 4.34. The van der Waals surface area contributed by atoms with E-state index >= 15 is 0 Å². The molecule has 1 fully saturated rings. The van der Waals surface area contributed by atoms with Gasteiger partial charge in [-0.2, -0.15) is 0 Å². The van der Waals surface area contributed by atoms with Gasteiger partial charge in [0.2, 0.25) is 0 Å². The topological polar surface area (TPSA) is 17.3 Å². The number of unbranched alkanes of at least 4 members (excludes halogenated alkanes) is 1. The molecule has 1 aromatic heterocycles. The highest BCUT2D eigenvalue weighted by atomic mass is 15.2. The second-order valence-electron chi connectivity index (χ2n) is 6.56. The summed E-state index contributed by atoms with van der Waals surface area (Å²) in [5, 5.41) is 0. The zero-order valence-corrected chi connectivity index (χ0v) is 13.6. The molecule has 2 atom stereocenters. The molecule has 1 aliphatic heterocycles. The molecule has 2 rings (SSSR count). The van der Waals surface area contributed by atoms with Crippen LogP contribution in [0.15, 0.2) is 24.5 Å². The Morgan fingerprint density at radius 3 is 3.00 bits per heavy atom. The van der Waals surface area contributed by atoms with Crippen LogP contribution in [-0.4, -0.2) is 18.1 Å². The highest BCUT2D eigenvalue weighted by Crippen LogP contribution is 2.18. The predicted molar refractivity (Wildman–Crippen MR) is 88.0 cm³/mol. The van der Waals surface area contributed by atoms with Crippen LogP contribution < -0.4 is 4.90 Å². The van der Waals surface area contributed by atoms with Crippen LogP contribution in [0.1, 0.15) is 64.0 Å². The van der Waals surface area contributed by atoms with Gasteiger partial charge in [-0.05, 0) is 37.2 Å². The van der Waals surface area contributed by atoms with E-state index in [2.05, 4.69) is 42.8 Å². The Bertz CT molecular complexity index is 455. The molecule has 0 bridgehead atoms. The number of quaternary nitrogens is 1. The van der Waals surface area contributed by atoms with Gasteiger partial charge in [0.15, 0.2) is 0 Å². The summed E-state index contributed by atoms with van der Waals surface area (Å²) in [6.07, 6.45) is 11.4.